The molecule has 0 aliphatic heterocycles. The number of rotatable bonds is 3. The van der Waals surface area contributed by atoms with Crippen LogP contribution in [0.3, 0.4) is 0 Å². The van der Waals surface area contributed by atoms with Crippen molar-refractivity contribution in [2.45, 2.75) is 34.0 Å². The van der Waals surface area contributed by atoms with Gasteiger partial charge < -0.3 is 9.84 Å². The average Bonchev–Trinajstić information content (AvgIpc) is 1.87. The summed E-state index contributed by atoms with van der Waals surface area (Å²) < 4.78 is 4.69. The third-order valence-electron chi connectivity index (χ3n) is 1.28. The Balaban J connectivity index is 3.76. The molecule has 0 fully saturated rings. The van der Waals surface area contributed by atoms with E-state index in [4.69, 9.17) is 5.11 Å². The Labute approximate surface area is 67.4 Å². The maximum atomic E-state index is 10.9. The minimum atomic E-state index is -0.968. The highest BCUT2D eigenvalue weighted by molar-refractivity contribution is 5.71. The van der Waals surface area contributed by atoms with Crippen molar-refractivity contribution >= 4 is 5.97 Å². The van der Waals surface area contributed by atoms with Crippen LogP contribution in [0, 0.1) is 11.8 Å². The number of aliphatic hydroxyl groups excluding tert-OH is 1. The van der Waals surface area contributed by atoms with E-state index < -0.39 is 6.29 Å². The van der Waals surface area contributed by atoms with Crippen LogP contribution >= 0.6 is 0 Å². The number of hydrogen-bond donors (Lipinski definition) is 1. The van der Waals surface area contributed by atoms with Crippen molar-refractivity contribution in [3.05, 3.63) is 0 Å². The van der Waals surface area contributed by atoms with Gasteiger partial charge in [-0.15, -0.1) is 0 Å². The van der Waals surface area contributed by atoms with Gasteiger partial charge in [0, 0.05) is 5.92 Å². The van der Waals surface area contributed by atoms with Crippen LogP contribution in [0.1, 0.15) is 27.7 Å². The molecule has 0 saturated heterocycles. The van der Waals surface area contributed by atoms with Crippen molar-refractivity contribution in [3.8, 4) is 0 Å². The van der Waals surface area contributed by atoms with Gasteiger partial charge in [-0.25, -0.2) is 0 Å². The van der Waals surface area contributed by atoms with E-state index in [0.29, 0.717) is 0 Å². The Kier molecular flexibility index (Phi) is 4.11. The van der Waals surface area contributed by atoms with Crippen LogP contribution in [0.15, 0.2) is 0 Å². The minimum absolute atomic E-state index is 0.0438. The molecular formula is C8H16O3. The molecule has 0 aliphatic rings. The van der Waals surface area contributed by atoms with Gasteiger partial charge in [-0.3, -0.25) is 4.79 Å². The molecule has 0 aliphatic carbocycles. The standard InChI is InChI=1S/C8H16O3/c1-5(2)7(9)11-8(10)6(3)4/h5-7,9H,1-4H3. The molecule has 1 atom stereocenters. The lowest BCUT2D eigenvalue weighted by Crippen LogP contribution is -2.25. The monoisotopic (exact) mass is 160 g/mol. The van der Waals surface area contributed by atoms with Gasteiger partial charge in [-0.1, -0.05) is 27.7 Å². The lowest BCUT2D eigenvalue weighted by molar-refractivity contribution is -0.178. The quantitative estimate of drug-likeness (QED) is 0.497. The summed E-state index contributed by atoms with van der Waals surface area (Å²) in [5, 5.41) is 9.10. The van der Waals surface area contributed by atoms with Crippen LogP contribution in [0.5, 0.6) is 0 Å². The average molecular weight is 160 g/mol. The molecule has 0 saturated carbocycles. The summed E-state index contributed by atoms with van der Waals surface area (Å²) in [5.41, 5.74) is 0. The summed E-state index contributed by atoms with van der Waals surface area (Å²) in [6, 6.07) is 0. The van der Waals surface area contributed by atoms with Crippen molar-refractivity contribution in [3.63, 3.8) is 0 Å². The Morgan fingerprint density at radius 2 is 1.73 bits per heavy atom. The first-order chi connectivity index (χ1) is 4.95. The van der Waals surface area contributed by atoms with Crippen LogP contribution in [-0.2, 0) is 9.53 Å². The SMILES string of the molecule is CC(C)C(=O)OC(O)C(C)C. The number of carbonyl (C=O) groups excluding carboxylic acids is 1. The van der Waals surface area contributed by atoms with Crippen LogP contribution in [0.4, 0.5) is 0 Å². The van der Waals surface area contributed by atoms with Crippen LogP contribution in [0.2, 0.25) is 0 Å². The highest BCUT2D eigenvalue weighted by Crippen LogP contribution is 2.06. The fourth-order valence-electron chi connectivity index (χ4n) is 0.391. The molecule has 0 aromatic carbocycles. The van der Waals surface area contributed by atoms with Crippen molar-refractivity contribution in [1.82, 2.24) is 0 Å². The second-order valence-corrected chi connectivity index (χ2v) is 3.23. The van der Waals surface area contributed by atoms with Crippen LogP contribution < -0.4 is 0 Å². The molecule has 11 heavy (non-hydrogen) atoms. The summed E-state index contributed by atoms with van der Waals surface area (Å²) in [4.78, 5) is 10.9. The topological polar surface area (TPSA) is 46.5 Å². The normalized spacial score (nSPS) is 13.7. The lowest BCUT2D eigenvalue weighted by Gasteiger charge is -2.16. The largest absolute Gasteiger partial charge is 0.435 e. The molecule has 66 valence electrons. The summed E-state index contributed by atoms with van der Waals surface area (Å²) in [7, 11) is 0. The molecule has 3 heteroatoms. The molecule has 1 unspecified atom stereocenters. The van der Waals surface area contributed by atoms with E-state index in [-0.39, 0.29) is 17.8 Å². The van der Waals surface area contributed by atoms with E-state index in [1.165, 1.54) is 0 Å². The Bertz CT molecular complexity index is 129. The lowest BCUT2D eigenvalue weighted by atomic mass is 10.2. The molecule has 0 amide bonds. The zero-order valence-electron chi connectivity index (χ0n) is 7.50. The number of ether oxygens (including phenoxy) is 1. The van der Waals surface area contributed by atoms with Crippen molar-refractivity contribution < 1.29 is 14.6 Å². The number of hydrogen-bond acceptors (Lipinski definition) is 3. The van der Waals surface area contributed by atoms with Gasteiger partial charge in [-0.05, 0) is 0 Å². The van der Waals surface area contributed by atoms with E-state index in [0.717, 1.165) is 0 Å². The molecule has 1 N–H and O–H groups in total. The van der Waals surface area contributed by atoms with Gasteiger partial charge >= 0.3 is 5.97 Å². The molecule has 3 nitrogen and oxygen atoms in total. The molecule has 0 aromatic heterocycles. The van der Waals surface area contributed by atoms with Gasteiger partial charge in [0.1, 0.15) is 0 Å². The van der Waals surface area contributed by atoms with Crippen LogP contribution in [0.25, 0.3) is 0 Å². The van der Waals surface area contributed by atoms with Gasteiger partial charge in [0.15, 0.2) is 0 Å². The molecule has 0 radical (unpaired) electrons. The zero-order valence-corrected chi connectivity index (χ0v) is 7.50. The van der Waals surface area contributed by atoms with E-state index in [1.54, 1.807) is 27.7 Å². The van der Waals surface area contributed by atoms with E-state index in [9.17, 15) is 4.79 Å². The highest BCUT2D eigenvalue weighted by atomic mass is 16.6. The molecular weight excluding hydrogens is 144 g/mol. The molecule has 0 heterocycles. The maximum Gasteiger partial charge on any atom is 0.310 e. The summed E-state index contributed by atoms with van der Waals surface area (Å²) in [5.74, 6) is -0.577. The predicted molar refractivity (Wildman–Crippen MR) is 41.8 cm³/mol. The van der Waals surface area contributed by atoms with E-state index in [1.807, 2.05) is 0 Å². The van der Waals surface area contributed by atoms with Gasteiger partial charge in [-0.2, -0.15) is 0 Å². The minimum Gasteiger partial charge on any atom is -0.435 e. The number of esters is 1. The Hall–Kier alpha value is -0.570. The maximum absolute atomic E-state index is 10.9. The number of carbonyl (C=O) groups is 1. The van der Waals surface area contributed by atoms with Crippen molar-refractivity contribution in [1.29, 1.82) is 0 Å². The third-order valence-corrected chi connectivity index (χ3v) is 1.28. The molecule has 0 spiro atoms. The van der Waals surface area contributed by atoms with E-state index in [2.05, 4.69) is 4.74 Å². The fraction of sp³-hybridized carbons (Fsp3) is 0.875. The fourth-order valence-corrected chi connectivity index (χ4v) is 0.391. The van der Waals surface area contributed by atoms with Crippen LogP contribution in [-0.4, -0.2) is 17.4 Å². The number of aliphatic hydroxyl groups is 1. The third kappa shape index (κ3) is 3.98. The highest BCUT2D eigenvalue weighted by Gasteiger charge is 2.16. The summed E-state index contributed by atoms with van der Waals surface area (Å²) >= 11 is 0. The molecule has 0 rings (SSSR count). The summed E-state index contributed by atoms with van der Waals surface area (Å²) in [6.45, 7) is 7.04. The first-order valence-corrected chi connectivity index (χ1v) is 3.83. The molecule has 0 aromatic rings. The summed E-state index contributed by atoms with van der Waals surface area (Å²) in [6.07, 6.45) is -0.968. The smallest absolute Gasteiger partial charge is 0.310 e. The first-order valence-electron chi connectivity index (χ1n) is 3.83. The Morgan fingerprint density at radius 1 is 1.27 bits per heavy atom. The second kappa shape index (κ2) is 4.34. The van der Waals surface area contributed by atoms with Gasteiger partial charge in [0.2, 0.25) is 6.29 Å². The van der Waals surface area contributed by atoms with Crippen molar-refractivity contribution in [2.75, 3.05) is 0 Å². The molecule has 0 bridgehead atoms. The Morgan fingerprint density at radius 3 is 2.00 bits per heavy atom. The predicted octanol–water partition coefficient (Wildman–Crippen LogP) is 1.16. The van der Waals surface area contributed by atoms with Gasteiger partial charge in [0.25, 0.3) is 0 Å². The zero-order chi connectivity index (χ0) is 9.02. The second-order valence-electron chi connectivity index (χ2n) is 3.23. The van der Waals surface area contributed by atoms with Gasteiger partial charge in [0.05, 0.1) is 5.92 Å². The van der Waals surface area contributed by atoms with Crippen molar-refractivity contribution in [2.24, 2.45) is 11.8 Å². The first kappa shape index (κ1) is 10.4. The van der Waals surface area contributed by atoms with E-state index >= 15 is 0 Å².